The number of guanidine groups is 1. The maximum absolute atomic E-state index is 12.0. The van der Waals surface area contributed by atoms with E-state index in [1.54, 1.807) is 30.6 Å². The van der Waals surface area contributed by atoms with Crippen molar-refractivity contribution in [3.8, 4) is 11.1 Å². The zero-order chi connectivity index (χ0) is 16.4. The van der Waals surface area contributed by atoms with Crippen LogP contribution in [0.1, 0.15) is 10.4 Å². The first-order chi connectivity index (χ1) is 11.1. The largest absolute Gasteiger partial charge is 0.370 e. The Morgan fingerprint density at radius 1 is 1.09 bits per heavy atom. The Morgan fingerprint density at radius 3 is 2.65 bits per heavy atom. The summed E-state index contributed by atoms with van der Waals surface area (Å²) < 4.78 is 0. The van der Waals surface area contributed by atoms with Gasteiger partial charge >= 0.3 is 0 Å². The molecule has 0 atom stereocenters. The van der Waals surface area contributed by atoms with Crippen LogP contribution in [0.5, 0.6) is 0 Å². The molecule has 4 N–H and O–H groups in total. The molecule has 3 aromatic rings. The Bertz CT molecular complexity index is 933. The van der Waals surface area contributed by atoms with E-state index in [-0.39, 0.29) is 5.96 Å². The van der Waals surface area contributed by atoms with Crippen LogP contribution in [0.15, 0.2) is 59.9 Å². The summed E-state index contributed by atoms with van der Waals surface area (Å²) in [5, 5.41) is 2.44. The lowest BCUT2D eigenvalue weighted by atomic mass is 9.97. The van der Waals surface area contributed by atoms with E-state index in [9.17, 15) is 4.79 Å². The molecule has 0 unspecified atom stereocenters. The molecule has 2 aromatic carbocycles. The van der Waals surface area contributed by atoms with Gasteiger partial charge in [0.15, 0.2) is 5.96 Å². The Hall–Kier alpha value is -2.92. The van der Waals surface area contributed by atoms with Gasteiger partial charge in [0, 0.05) is 23.5 Å². The van der Waals surface area contributed by atoms with Gasteiger partial charge in [-0.15, -0.1) is 0 Å². The van der Waals surface area contributed by atoms with Crippen molar-refractivity contribution >= 4 is 34.2 Å². The number of halogens is 1. The third-order valence-electron chi connectivity index (χ3n) is 3.42. The predicted molar refractivity (Wildman–Crippen MR) is 92.3 cm³/mol. The first-order valence-electron chi connectivity index (χ1n) is 6.83. The average molecular weight is 325 g/mol. The van der Waals surface area contributed by atoms with E-state index in [1.165, 1.54) is 0 Å². The number of nitrogens with zero attached hydrogens (tertiary/aromatic N) is 2. The standard InChI is InChI=1S/C17H13ClN4O/c18-15-6-7-21-9-14(15)12-3-1-2-10-4-5-11(8-13(10)12)16(23)22-17(19)20/h1-9H,(H4,19,20,22,23). The molecule has 1 heterocycles. The molecular formula is C17H13ClN4O. The van der Waals surface area contributed by atoms with Crippen molar-refractivity contribution in [2.75, 3.05) is 0 Å². The summed E-state index contributed by atoms with van der Waals surface area (Å²) >= 11 is 6.27. The lowest BCUT2D eigenvalue weighted by Crippen LogP contribution is -2.24. The fourth-order valence-electron chi connectivity index (χ4n) is 2.40. The smallest absolute Gasteiger partial charge is 0.280 e. The van der Waals surface area contributed by atoms with Crippen LogP contribution in [0.3, 0.4) is 0 Å². The van der Waals surface area contributed by atoms with Crippen molar-refractivity contribution in [2.24, 2.45) is 16.5 Å². The number of carbonyl (C=O) groups excluding carboxylic acids is 1. The Morgan fingerprint density at radius 2 is 1.91 bits per heavy atom. The summed E-state index contributed by atoms with van der Waals surface area (Å²) in [7, 11) is 0. The number of aliphatic imine (C=N–C) groups is 1. The average Bonchev–Trinajstić information content (AvgIpc) is 2.54. The van der Waals surface area contributed by atoms with Crippen molar-refractivity contribution < 1.29 is 4.79 Å². The molecule has 0 aliphatic rings. The fraction of sp³-hybridized carbons (Fsp3) is 0. The highest BCUT2D eigenvalue weighted by atomic mass is 35.5. The van der Waals surface area contributed by atoms with Crippen LogP contribution in [0.2, 0.25) is 5.02 Å². The van der Waals surface area contributed by atoms with Gasteiger partial charge in [-0.2, -0.15) is 4.99 Å². The summed E-state index contributed by atoms with van der Waals surface area (Å²) in [6, 6.07) is 12.8. The van der Waals surface area contributed by atoms with Gasteiger partial charge in [0.2, 0.25) is 0 Å². The first-order valence-corrected chi connectivity index (χ1v) is 7.20. The minimum atomic E-state index is -0.487. The molecular weight excluding hydrogens is 312 g/mol. The van der Waals surface area contributed by atoms with Crippen LogP contribution in [-0.4, -0.2) is 16.9 Å². The molecule has 1 aromatic heterocycles. The van der Waals surface area contributed by atoms with Crippen LogP contribution in [-0.2, 0) is 0 Å². The van der Waals surface area contributed by atoms with E-state index >= 15 is 0 Å². The second-order valence-electron chi connectivity index (χ2n) is 4.94. The third kappa shape index (κ3) is 3.00. The molecule has 6 heteroatoms. The number of rotatable bonds is 2. The summed E-state index contributed by atoms with van der Waals surface area (Å²) in [6.45, 7) is 0. The van der Waals surface area contributed by atoms with Gasteiger partial charge < -0.3 is 11.5 Å². The van der Waals surface area contributed by atoms with Crippen molar-refractivity contribution in [2.45, 2.75) is 0 Å². The van der Waals surface area contributed by atoms with Gasteiger partial charge in [0.05, 0.1) is 5.02 Å². The summed E-state index contributed by atoms with van der Waals surface area (Å²) in [4.78, 5) is 19.7. The lowest BCUT2D eigenvalue weighted by molar-refractivity contribution is 0.100. The van der Waals surface area contributed by atoms with E-state index in [4.69, 9.17) is 23.1 Å². The number of hydrogen-bond donors (Lipinski definition) is 2. The number of hydrogen-bond acceptors (Lipinski definition) is 2. The number of aromatic nitrogens is 1. The molecule has 3 rings (SSSR count). The summed E-state index contributed by atoms with van der Waals surface area (Å²) in [5.41, 5.74) is 12.6. The third-order valence-corrected chi connectivity index (χ3v) is 3.75. The van der Waals surface area contributed by atoms with E-state index in [0.717, 1.165) is 21.9 Å². The first kappa shape index (κ1) is 15.0. The van der Waals surface area contributed by atoms with E-state index in [2.05, 4.69) is 9.98 Å². The van der Waals surface area contributed by atoms with Crippen LogP contribution < -0.4 is 11.5 Å². The van der Waals surface area contributed by atoms with Gasteiger partial charge in [0.1, 0.15) is 0 Å². The number of carbonyl (C=O) groups is 1. The molecule has 0 saturated heterocycles. The topological polar surface area (TPSA) is 94.4 Å². The molecule has 0 aliphatic heterocycles. The second-order valence-corrected chi connectivity index (χ2v) is 5.35. The van der Waals surface area contributed by atoms with Crippen molar-refractivity contribution in [3.63, 3.8) is 0 Å². The summed E-state index contributed by atoms with van der Waals surface area (Å²) in [5.74, 6) is -0.752. The van der Waals surface area contributed by atoms with Gasteiger partial charge in [-0.1, -0.05) is 35.9 Å². The van der Waals surface area contributed by atoms with E-state index in [1.807, 2.05) is 24.3 Å². The molecule has 23 heavy (non-hydrogen) atoms. The van der Waals surface area contributed by atoms with Crippen molar-refractivity contribution in [3.05, 3.63) is 65.4 Å². The molecule has 0 radical (unpaired) electrons. The minimum absolute atomic E-state index is 0.265. The van der Waals surface area contributed by atoms with E-state index in [0.29, 0.717) is 10.6 Å². The molecule has 0 spiro atoms. The van der Waals surface area contributed by atoms with E-state index < -0.39 is 5.91 Å². The molecule has 114 valence electrons. The minimum Gasteiger partial charge on any atom is -0.370 e. The predicted octanol–water partition coefficient (Wildman–Crippen LogP) is 2.97. The lowest BCUT2D eigenvalue weighted by Gasteiger charge is -2.09. The second kappa shape index (κ2) is 6.06. The zero-order valence-corrected chi connectivity index (χ0v) is 12.8. The maximum atomic E-state index is 12.0. The summed E-state index contributed by atoms with van der Waals surface area (Å²) in [6.07, 6.45) is 3.33. The van der Waals surface area contributed by atoms with Crippen LogP contribution >= 0.6 is 11.6 Å². The van der Waals surface area contributed by atoms with Gasteiger partial charge in [0.25, 0.3) is 5.91 Å². The van der Waals surface area contributed by atoms with Gasteiger partial charge in [-0.05, 0) is 34.5 Å². The number of fused-ring (bicyclic) bond motifs is 1. The normalized spacial score (nSPS) is 10.5. The maximum Gasteiger partial charge on any atom is 0.280 e. The Balaban J connectivity index is 2.22. The Labute approximate surface area is 137 Å². The quantitative estimate of drug-likeness (QED) is 0.559. The SMILES string of the molecule is NC(N)=NC(=O)c1ccc2cccc(-c3cnccc3Cl)c2c1. The monoisotopic (exact) mass is 324 g/mol. The molecule has 0 fully saturated rings. The zero-order valence-electron chi connectivity index (χ0n) is 12.0. The van der Waals surface area contributed by atoms with Crippen LogP contribution in [0.4, 0.5) is 0 Å². The number of nitrogens with two attached hydrogens (primary N) is 2. The fourth-order valence-corrected chi connectivity index (χ4v) is 2.60. The molecule has 0 saturated carbocycles. The molecule has 0 bridgehead atoms. The van der Waals surface area contributed by atoms with Gasteiger partial charge in [-0.3, -0.25) is 9.78 Å². The highest BCUT2D eigenvalue weighted by molar-refractivity contribution is 6.33. The van der Waals surface area contributed by atoms with Crippen LogP contribution in [0, 0.1) is 0 Å². The molecule has 5 nitrogen and oxygen atoms in total. The van der Waals surface area contributed by atoms with Gasteiger partial charge in [-0.25, -0.2) is 0 Å². The molecule has 0 aliphatic carbocycles. The number of pyridine rings is 1. The van der Waals surface area contributed by atoms with Crippen molar-refractivity contribution in [1.82, 2.24) is 4.98 Å². The van der Waals surface area contributed by atoms with Crippen LogP contribution in [0.25, 0.3) is 21.9 Å². The molecule has 1 amide bonds. The van der Waals surface area contributed by atoms with Crippen molar-refractivity contribution in [1.29, 1.82) is 0 Å². The Kier molecular flexibility index (Phi) is 3.95. The highest BCUT2D eigenvalue weighted by Crippen LogP contribution is 2.33. The highest BCUT2D eigenvalue weighted by Gasteiger charge is 2.11. The number of amides is 1. The number of benzene rings is 2.